The van der Waals surface area contributed by atoms with Crippen LogP contribution in [0.4, 0.5) is 4.39 Å². The number of aliphatic hydroxyl groups is 1. The highest BCUT2D eigenvalue weighted by atomic mass is 35.5. The van der Waals surface area contributed by atoms with E-state index in [1.807, 2.05) is 6.20 Å². The topological polar surface area (TPSA) is 57.1 Å². The van der Waals surface area contributed by atoms with Crippen LogP contribution in [0.3, 0.4) is 0 Å². The standard InChI is InChI=1S/C22H24ClFN4O/c1-22(2,29)7-4-14-10-16-18(17-12-25-26-21(17)23)13-28(20(16)11-19(14)24)15-5-8-27(3)9-6-15/h10-13,15,29H,5-6,8-9H2,1-3H3,(H,25,26). The zero-order valence-electron chi connectivity index (χ0n) is 16.8. The molecule has 152 valence electrons. The van der Waals surface area contributed by atoms with Gasteiger partial charge in [-0.1, -0.05) is 23.4 Å². The molecule has 0 spiro atoms. The predicted molar refractivity (Wildman–Crippen MR) is 113 cm³/mol. The number of hydrogen-bond acceptors (Lipinski definition) is 3. The minimum atomic E-state index is -1.20. The van der Waals surface area contributed by atoms with Gasteiger partial charge in [0.05, 0.1) is 17.3 Å². The molecular formula is C22H24ClFN4O. The highest BCUT2D eigenvalue weighted by Gasteiger charge is 2.23. The molecule has 2 aromatic heterocycles. The number of aromatic nitrogens is 3. The van der Waals surface area contributed by atoms with Gasteiger partial charge in [0, 0.05) is 28.8 Å². The lowest BCUT2D eigenvalue weighted by Crippen LogP contribution is -2.31. The van der Waals surface area contributed by atoms with Crippen molar-refractivity contribution in [2.45, 2.75) is 38.3 Å². The van der Waals surface area contributed by atoms with E-state index < -0.39 is 11.4 Å². The molecule has 4 rings (SSSR count). The van der Waals surface area contributed by atoms with Gasteiger partial charge in [-0.25, -0.2) is 4.39 Å². The van der Waals surface area contributed by atoms with Crippen molar-refractivity contribution in [3.63, 3.8) is 0 Å². The summed E-state index contributed by atoms with van der Waals surface area (Å²) in [4.78, 5) is 2.31. The third kappa shape index (κ3) is 4.04. The summed E-state index contributed by atoms with van der Waals surface area (Å²) in [5.41, 5.74) is 1.54. The SMILES string of the molecule is CN1CCC(n2cc(-c3cn[nH]c3Cl)c3cc(C#CC(C)(C)O)c(F)cc32)CC1. The molecule has 1 aromatic carbocycles. The number of nitrogens with one attached hydrogen (secondary N) is 1. The molecule has 0 atom stereocenters. The van der Waals surface area contributed by atoms with Gasteiger partial charge in [0.15, 0.2) is 0 Å². The molecule has 1 fully saturated rings. The highest BCUT2D eigenvalue weighted by Crippen LogP contribution is 2.38. The number of likely N-dealkylation sites (tertiary alicyclic amines) is 1. The Balaban J connectivity index is 1.90. The predicted octanol–water partition coefficient (Wildman–Crippen LogP) is 4.21. The highest BCUT2D eigenvalue weighted by molar-refractivity contribution is 6.32. The minimum Gasteiger partial charge on any atom is -0.378 e. The maximum atomic E-state index is 14.9. The molecule has 3 heterocycles. The van der Waals surface area contributed by atoms with E-state index in [0.717, 1.165) is 48.0 Å². The quantitative estimate of drug-likeness (QED) is 0.617. The van der Waals surface area contributed by atoms with Crippen LogP contribution in [0.1, 0.15) is 38.3 Å². The van der Waals surface area contributed by atoms with E-state index in [-0.39, 0.29) is 5.56 Å². The molecule has 29 heavy (non-hydrogen) atoms. The number of benzene rings is 1. The van der Waals surface area contributed by atoms with Gasteiger partial charge in [0.2, 0.25) is 0 Å². The second-order valence-corrected chi connectivity index (χ2v) is 8.62. The van der Waals surface area contributed by atoms with Gasteiger partial charge < -0.3 is 14.6 Å². The zero-order chi connectivity index (χ0) is 20.8. The summed E-state index contributed by atoms with van der Waals surface area (Å²) in [6.45, 7) is 5.15. The fourth-order valence-electron chi connectivity index (χ4n) is 3.83. The number of rotatable bonds is 2. The van der Waals surface area contributed by atoms with Gasteiger partial charge in [-0.3, -0.25) is 5.10 Å². The Kier molecular flexibility index (Phi) is 5.16. The summed E-state index contributed by atoms with van der Waals surface area (Å²) in [5.74, 6) is 5.08. The van der Waals surface area contributed by atoms with Gasteiger partial charge in [-0.2, -0.15) is 5.10 Å². The van der Waals surface area contributed by atoms with Crippen LogP contribution >= 0.6 is 11.6 Å². The second-order valence-electron chi connectivity index (χ2n) is 8.24. The Morgan fingerprint density at radius 1 is 1.28 bits per heavy atom. The first-order valence-corrected chi connectivity index (χ1v) is 10.1. The van der Waals surface area contributed by atoms with Gasteiger partial charge in [-0.15, -0.1) is 0 Å². The molecule has 0 aliphatic carbocycles. The van der Waals surface area contributed by atoms with Crippen molar-refractivity contribution in [1.29, 1.82) is 0 Å². The van der Waals surface area contributed by atoms with E-state index in [0.29, 0.717) is 11.2 Å². The van der Waals surface area contributed by atoms with Crippen molar-refractivity contribution in [1.82, 2.24) is 19.7 Å². The summed E-state index contributed by atoms with van der Waals surface area (Å²) < 4.78 is 17.0. The number of piperidine rings is 1. The molecule has 3 aromatic rings. The van der Waals surface area contributed by atoms with Crippen LogP contribution < -0.4 is 0 Å². The Morgan fingerprint density at radius 3 is 2.62 bits per heavy atom. The Bertz CT molecular complexity index is 1110. The normalized spacial score (nSPS) is 16.2. The number of hydrogen-bond donors (Lipinski definition) is 2. The average molecular weight is 415 g/mol. The van der Waals surface area contributed by atoms with Gasteiger partial charge in [-0.05, 0) is 59.0 Å². The molecule has 0 bridgehead atoms. The Hall–Kier alpha value is -2.33. The molecule has 0 radical (unpaired) electrons. The van der Waals surface area contributed by atoms with Crippen LogP contribution in [0.5, 0.6) is 0 Å². The van der Waals surface area contributed by atoms with E-state index in [1.54, 1.807) is 32.2 Å². The number of halogens is 2. The van der Waals surface area contributed by atoms with Gasteiger partial charge >= 0.3 is 0 Å². The number of aromatic amines is 1. The number of nitrogens with zero attached hydrogens (tertiary/aromatic N) is 3. The molecular weight excluding hydrogens is 391 g/mol. The zero-order valence-corrected chi connectivity index (χ0v) is 17.5. The number of H-pyrrole nitrogens is 1. The monoisotopic (exact) mass is 414 g/mol. The van der Waals surface area contributed by atoms with Crippen molar-refractivity contribution >= 4 is 22.5 Å². The van der Waals surface area contributed by atoms with Crippen molar-refractivity contribution in [3.8, 4) is 23.0 Å². The molecule has 7 heteroatoms. The van der Waals surface area contributed by atoms with Gasteiger partial charge in [0.1, 0.15) is 16.6 Å². The lowest BCUT2D eigenvalue weighted by Gasteiger charge is -2.30. The van der Waals surface area contributed by atoms with Crippen molar-refractivity contribution in [2.75, 3.05) is 20.1 Å². The summed E-state index contributed by atoms with van der Waals surface area (Å²) in [5, 5.41) is 18.0. The smallest absolute Gasteiger partial charge is 0.140 e. The van der Waals surface area contributed by atoms with E-state index >= 15 is 0 Å². The van der Waals surface area contributed by atoms with Crippen molar-refractivity contribution in [3.05, 3.63) is 41.1 Å². The van der Waals surface area contributed by atoms with Crippen molar-refractivity contribution < 1.29 is 9.50 Å². The van der Waals surface area contributed by atoms with Crippen LogP contribution in [0.2, 0.25) is 5.15 Å². The van der Waals surface area contributed by atoms with E-state index in [2.05, 4.69) is 38.6 Å². The van der Waals surface area contributed by atoms with E-state index in [1.165, 1.54) is 0 Å². The first-order chi connectivity index (χ1) is 13.7. The molecule has 1 aliphatic rings. The Morgan fingerprint density at radius 2 is 2.00 bits per heavy atom. The van der Waals surface area contributed by atoms with E-state index in [4.69, 9.17) is 11.6 Å². The maximum Gasteiger partial charge on any atom is 0.140 e. The molecule has 1 saturated heterocycles. The lowest BCUT2D eigenvalue weighted by atomic mass is 10.0. The maximum absolute atomic E-state index is 14.9. The molecule has 5 nitrogen and oxygen atoms in total. The summed E-state index contributed by atoms with van der Waals surface area (Å²) in [6.07, 6.45) is 5.73. The molecule has 2 N–H and O–H groups in total. The average Bonchev–Trinajstić information content (AvgIpc) is 3.23. The minimum absolute atomic E-state index is 0.251. The third-order valence-corrected chi connectivity index (χ3v) is 5.68. The summed E-state index contributed by atoms with van der Waals surface area (Å²) in [6, 6.07) is 3.58. The molecule has 0 amide bonds. The second kappa shape index (κ2) is 7.49. The fraction of sp³-hybridized carbons (Fsp3) is 0.409. The van der Waals surface area contributed by atoms with Crippen LogP contribution in [-0.4, -0.2) is 50.5 Å². The summed E-state index contributed by atoms with van der Waals surface area (Å²) in [7, 11) is 2.12. The van der Waals surface area contributed by atoms with Crippen molar-refractivity contribution in [2.24, 2.45) is 0 Å². The van der Waals surface area contributed by atoms with Crippen LogP contribution in [-0.2, 0) is 0 Å². The lowest BCUT2D eigenvalue weighted by molar-refractivity contribution is 0.143. The van der Waals surface area contributed by atoms with E-state index in [9.17, 15) is 9.50 Å². The first-order valence-electron chi connectivity index (χ1n) is 9.70. The largest absolute Gasteiger partial charge is 0.378 e. The molecule has 0 unspecified atom stereocenters. The summed E-state index contributed by atoms with van der Waals surface area (Å²) >= 11 is 6.31. The third-order valence-electron chi connectivity index (χ3n) is 5.39. The number of fused-ring (bicyclic) bond motifs is 1. The Labute approximate surface area is 174 Å². The fourth-order valence-corrected chi connectivity index (χ4v) is 4.03. The van der Waals surface area contributed by atoms with Crippen LogP contribution in [0, 0.1) is 17.7 Å². The van der Waals surface area contributed by atoms with Crippen LogP contribution in [0.25, 0.3) is 22.0 Å². The van der Waals surface area contributed by atoms with Gasteiger partial charge in [0.25, 0.3) is 0 Å². The molecule has 1 aliphatic heterocycles. The first kappa shape index (κ1) is 20.0. The van der Waals surface area contributed by atoms with Crippen LogP contribution in [0.15, 0.2) is 24.5 Å². The molecule has 0 saturated carbocycles.